The van der Waals surface area contributed by atoms with Gasteiger partial charge in [0, 0.05) is 30.3 Å². The van der Waals surface area contributed by atoms with Gasteiger partial charge in [0.1, 0.15) is 11.6 Å². The lowest BCUT2D eigenvalue weighted by Gasteiger charge is -2.12. The van der Waals surface area contributed by atoms with Gasteiger partial charge in [-0.2, -0.15) is 0 Å². The van der Waals surface area contributed by atoms with Crippen molar-refractivity contribution >= 4 is 17.5 Å². The maximum absolute atomic E-state index is 13.1. The Morgan fingerprint density at radius 2 is 1.79 bits per heavy atom. The van der Waals surface area contributed by atoms with E-state index in [9.17, 15) is 14.0 Å². The van der Waals surface area contributed by atoms with Crippen LogP contribution in [0.5, 0.6) is 5.75 Å². The molecule has 2 aromatic carbocycles. The molecule has 0 aliphatic heterocycles. The number of halogens is 1. The van der Waals surface area contributed by atoms with Crippen LogP contribution in [0.1, 0.15) is 27.2 Å². The average Bonchev–Trinajstić information content (AvgIpc) is 2.74. The second-order valence-electron chi connectivity index (χ2n) is 6.57. The number of benzene rings is 2. The van der Waals surface area contributed by atoms with Gasteiger partial charge in [-0.1, -0.05) is 23.9 Å². The highest BCUT2D eigenvalue weighted by Crippen LogP contribution is 2.19. The van der Waals surface area contributed by atoms with Crippen LogP contribution in [0.2, 0.25) is 0 Å². The minimum Gasteiger partial charge on any atom is -0.497 e. The third kappa shape index (κ3) is 4.92. The number of methoxy groups -OCH3 is 1. The van der Waals surface area contributed by atoms with Gasteiger partial charge in [-0.15, -0.1) is 0 Å². The maximum Gasteiger partial charge on any atom is 0.257 e. The molecule has 1 aromatic heterocycles. The highest BCUT2D eigenvalue weighted by molar-refractivity contribution is 7.99. The number of ether oxygens (including phenoxy) is 1. The smallest absolute Gasteiger partial charge is 0.257 e. The van der Waals surface area contributed by atoms with Crippen LogP contribution >= 0.6 is 11.8 Å². The van der Waals surface area contributed by atoms with Gasteiger partial charge in [0.2, 0.25) is 0 Å². The van der Waals surface area contributed by atoms with Crippen molar-refractivity contribution in [2.24, 2.45) is 7.05 Å². The fourth-order valence-electron chi connectivity index (χ4n) is 2.86. The Balaban J connectivity index is 1.75. The average molecular weight is 412 g/mol. The van der Waals surface area contributed by atoms with Crippen molar-refractivity contribution in [2.45, 2.75) is 18.5 Å². The van der Waals surface area contributed by atoms with Crippen molar-refractivity contribution in [1.82, 2.24) is 9.55 Å². The second-order valence-corrected chi connectivity index (χ2v) is 7.51. The minimum atomic E-state index is -0.315. The third-order valence-corrected chi connectivity index (χ3v) is 5.62. The summed E-state index contributed by atoms with van der Waals surface area (Å²) < 4.78 is 19.6. The van der Waals surface area contributed by atoms with Gasteiger partial charge in [0.15, 0.2) is 10.9 Å². The van der Waals surface area contributed by atoms with Crippen LogP contribution in [0.4, 0.5) is 4.39 Å². The predicted molar refractivity (Wildman–Crippen MR) is 111 cm³/mol. The lowest BCUT2D eigenvalue weighted by molar-refractivity contribution is 0.102. The van der Waals surface area contributed by atoms with Crippen molar-refractivity contribution in [1.29, 1.82) is 0 Å². The SMILES string of the molecule is COc1ccc(C(=O)CSc2nc(C)c(Cc3ccc(F)cc3)c(=O)n2C)cc1. The van der Waals surface area contributed by atoms with Crippen LogP contribution < -0.4 is 10.3 Å². The van der Waals surface area contributed by atoms with Crippen molar-refractivity contribution in [2.75, 3.05) is 12.9 Å². The van der Waals surface area contributed by atoms with Gasteiger partial charge >= 0.3 is 0 Å². The first-order valence-electron chi connectivity index (χ1n) is 9.00. The van der Waals surface area contributed by atoms with E-state index in [1.807, 2.05) is 0 Å². The number of nitrogens with zero attached hydrogens (tertiary/aromatic N) is 2. The van der Waals surface area contributed by atoms with E-state index in [2.05, 4.69) is 4.98 Å². The van der Waals surface area contributed by atoms with Crippen LogP contribution in [0.3, 0.4) is 0 Å². The molecule has 3 aromatic rings. The number of thioether (sulfide) groups is 1. The Morgan fingerprint density at radius 1 is 1.14 bits per heavy atom. The number of aryl methyl sites for hydroxylation is 1. The Kier molecular flexibility index (Phi) is 6.49. The van der Waals surface area contributed by atoms with Gasteiger partial charge in [-0.3, -0.25) is 14.2 Å². The number of hydrogen-bond acceptors (Lipinski definition) is 5. The van der Waals surface area contributed by atoms with Crippen molar-refractivity contribution in [3.8, 4) is 5.75 Å². The van der Waals surface area contributed by atoms with Gasteiger partial charge in [0.05, 0.1) is 12.9 Å². The zero-order chi connectivity index (χ0) is 21.0. The summed E-state index contributed by atoms with van der Waals surface area (Å²) in [6.07, 6.45) is 0.377. The Morgan fingerprint density at radius 3 is 2.41 bits per heavy atom. The molecular formula is C22H21FN2O3S. The van der Waals surface area contributed by atoms with E-state index in [0.717, 1.165) is 5.56 Å². The molecule has 0 atom stereocenters. The molecular weight excluding hydrogens is 391 g/mol. The monoisotopic (exact) mass is 412 g/mol. The molecule has 0 radical (unpaired) electrons. The van der Waals surface area contributed by atoms with E-state index in [0.29, 0.717) is 34.1 Å². The number of hydrogen-bond donors (Lipinski definition) is 0. The summed E-state index contributed by atoms with van der Waals surface area (Å²) in [6, 6.07) is 13.0. The zero-order valence-corrected chi connectivity index (χ0v) is 17.3. The predicted octanol–water partition coefficient (Wildman–Crippen LogP) is 3.80. The summed E-state index contributed by atoms with van der Waals surface area (Å²) in [5.41, 5.74) is 2.42. The standard InChI is InChI=1S/C22H21FN2O3S/c1-14-19(12-15-4-8-17(23)9-5-15)21(27)25(2)22(24-14)29-13-20(26)16-6-10-18(28-3)11-7-16/h4-11H,12-13H2,1-3H3. The molecule has 0 aliphatic rings. The highest BCUT2D eigenvalue weighted by atomic mass is 32.2. The lowest BCUT2D eigenvalue weighted by Crippen LogP contribution is -2.26. The summed E-state index contributed by atoms with van der Waals surface area (Å²) in [4.78, 5) is 29.8. The summed E-state index contributed by atoms with van der Waals surface area (Å²) in [5, 5.41) is 0.484. The molecule has 0 saturated heterocycles. The molecule has 0 aliphatic carbocycles. The van der Waals surface area contributed by atoms with Crippen LogP contribution in [0, 0.1) is 12.7 Å². The Labute approximate surface area is 172 Å². The second kappa shape index (κ2) is 9.05. The first-order chi connectivity index (χ1) is 13.9. The van der Waals surface area contributed by atoms with E-state index < -0.39 is 0 Å². The summed E-state index contributed by atoms with van der Waals surface area (Å²) in [6.45, 7) is 1.77. The van der Waals surface area contributed by atoms with E-state index >= 15 is 0 Å². The Bertz CT molecular complexity index is 1080. The van der Waals surface area contributed by atoms with Crippen molar-refractivity contribution in [3.05, 3.63) is 87.1 Å². The fraction of sp³-hybridized carbons (Fsp3) is 0.227. The number of carbonyl (C=O) groups is 1. The number of aromatic nitrogens is 2. The van der Waals surface area contributed by atoms with Crippen molar-refractivity contribution in [3.63, 3.8) is 0 Å². The van der Waals surface area contributed by atoms with Crippen LogP contribution in [-0.2, 0) is 13.5 Å². The van der Waals surface area contributed by atoms with Crippen LogP contribution in [-0.4, -0.2) is 28.2 Å². The number of carbonyl (C=O) groups excluding carboxylic acids is 1. The van der Waals surface area contributed by atoms with Crippen LogP contribution in [0.25, 0.3) is 0 Å². The van der Waals surface area contributed by atoms with Gasteiger partial charge in [0.25, 0.3) is 5.56 Å². The molecule has 0 amide bonds. The summed E-state index contributed by atoms with van der Waals surface area (Å²) in [7, 11) is 3.21. The van der Waals surface area contributed by atoms with E-state index in [1.54, 1.807) is 57.5 Å². The molecule has 0 fully saturated rings. The van der Waals surface area contributed by atoms with Gasteiger partial charge in [-0.25, -0.2) is 9.37 Å². The number of ketones is 1. The molecule has 0 bridgehead atoms. The summed E-state index contributed by atoms with van der Waals surface area (Å²) >= 11 is 1.23. The molecule has 0 N–H and O–H groups in total. The zero-order valence-electron chi connectivity index (χ0n) is 16.4. The van der Waals surface area contributed by atoms with Gasteiger partial charge < -0.3 is 4.74 Å². The normalized spacial score (nSPS) is 10.8. The van der Waals surface area contributed by atoms with Crippen molar-refractivity contribution < 1.29 is 13.9 Å². The largest absolute Gasteiger partial charge is 0.497 e. The van der Waals surface area contributed by atoms with Gasteiger partial charge in [-0.05, 0) is 48.9 Å². The molecule has 0 unspecified atom stereocenters. The minimum absolute atomic E-state index is 0.0556. The number of rotatable bonds is 7. The first kappa shape index (κ1) is 20.8. The molecule has 150 valence electrons. The molecule has 0 saturated carbocycles. The maximum atomic E-state index is 13.1. The highest BCUT2D eigenvalue weighted by Gasteiger charge is 2.15. The molecule has 3 rings (SSSR count). The number of Topliss-reactive ketones (excluding diaryl/α,β-unsaturated/α-hetero) is 1. The van der Waals surface area contributed by atoms with Crippen LogP contribution in [0.15, 0.2) is 58.5 Å². The Hall–Kier alpha value is -2.93. The lowest BCUT2D eigenvalue weighted by atomic mass is 10.1. The molecule has 5 nitrogen and oxygen atoms in total. The summed E-state index contributed by atoms with van der Waals surface area (Å²) in [5.74, 6) is 0.485. The topological polar surface area (TPSA) is 61.2 Å². The quantitative estimate of drug-likeness (QED) is 0.336. The molecule has 1 heterocycles. The van der Waals surface area contributed by atoms with E-state index in [1.165, 1.54) is 28.5 Å². The van der Waals surface area contributed by atoms with E-state index in [-0.39, 0.29) is 22.9 Å². The third-order valence-electron chi connectivity index (χ3n) is 4.59. The fourth-order valence-corrected chi connectivity index (χ4v) is 3.76. The molecule has 0 spiro atoms. The van der Waals surface area contributed by atoms with E-state index in [4.69, 9.17) is 4.74 Å². The molecule has 7 heteroatoms. The first-order valence-corrected chi connectivity index (χ1v) is 9.98. The molecule has 29 heavy (non-hydrogen) atoms.